The number of aromatic nitrogens is 4. The summed E-state index contributed by atoms with van der Waals surface area (Å²) in [5.74, 6) is 0.697. The zero-order chi connectivity index (χ0) is 21.0. The molecule has 0 saturated carbocycles. The van der Waals surface area contributed by atoms with Crippen LogP contribution in [0.1, 0.15) is 29.8 Å². The lowest BCUT2D eigenvalue weighted by Crippen LogP contribution is -2.37. The topological polar surface area (TPSA) is 99.3 Å². The molecule has 2 aliphatic rings. The second-order valence-corrected chi connectivity index (χ2v) is 8.54. The molecule has 0 bridgehead atoms. The molecule has 0 unspecified atom stereocenters. The predicted molar refractivity (Wildman–Crippen MR) is 121 cm³/mol. The maximum absolute atomic E-state index is 13.0. The van der Waals surface area contributed by atoms with Crippen LogP contribution in [0, 0.1) is 0 Å². The fourth-order valence-electron chi connectivity index (χ4n) is 3.96. The summed E-state index contributed by atoms with van der Waals surface area (Å²) < 4.78 is 5.47. The quantitative estimate of drug-likeness (QED) is 0.630. The molecule has 5 heterocycles. The molecule has 0 aromatic carbocycles. The highest BCUT2D eigenvalue weighted by molar-refractivity contribution is 7.13. The van der Waals surface area contributed by atoms with Gasteiger partial charge in [-0.25, -0.2) is 9.97 Å². The van der Waals surface area contributed by atoms with Crippen molar-refractivity contribution in [2.45, 2.75) is 19.3 Å². The SMILES string of the molecule is O=C(Nc1cnc(N2CCOCC2)cc1N1CCCCC1)c1csc(-c2cn[nH]c2)n1. The maximum Gasteiger partial charge on any atom is 0.275 e. The van der Waals surface area contributed by atoms with Crippen LogP contribution in [0.3, 0.4) is 0 Å². The number of nitrogens with one attached hydrogen (secondary N) is 2. The van der Waals surface area contributed by atoms with E-state index in [1.807, 2.05) is 0 Å². The number of anilines is 3. The van der Waals surface area contributed by atoms with Gasteiger partial charge in [-0.1, -0.05) is 0 Å². The average Bonchev–Trinajstić information content (AvgIpc) is 3.53. The third-order valence-corrected chi connectivity index (χ3v) is 6.52. The van der Waals surface area contributed by atoms with E-state index < -0.39 is 0 Å². The van der Waals surface area contributed by atoms with Gasteiger partial charge in [-0.05, 0) is 19.3 Å². The van der Waals surface area contributed by atoms with E-state index in [1.165, 1.54) is 17.8 Å². The summed E-state index contributed by atoms with van der Waals surface area (Å²) in [7, 11) is 0. The summed E-state index contributed by atoms with van der Waals surface area (Å²) in [5, 5.41) is 12.3. The van der Waals surface area contributed by atoms with Crippen LogP contribution in [0.15, 0.2) is 30.0 Å². The Kier molecular flexibility index (Phi) is 5.81. The van der Waals surface area contributed by atoms with E-state index >= 15 is 0 Å². The average molecular weight is 440 g/mol. The highest BCUT2D eigenvalue weighted by atomic mass is 32.1. The lowest BCUT2D eigenvalue weighted by atomic mass is 10.1. The number of hydrogen-bond acceptors (Lipinski definition) is 8. The number of carbonyl (C=O) groups excluding carboxylic acids is 1. The number of thiazole rings is 1. The zero-order valence-corrected chi connectivity index (χ0v) is 18.0. The van der Waals surface area contributed by atoms with Crippen LogP contribution in [-0.2, 0) is 4.74 Å². The summed E-state index contributed by atoms with van der Waals surface area (Å²) in [6.45, 7) is 5.04. The smallest absolute Gasteiger partial charge is 0.275 e. The lowest BCUT2D eigenvalue weighted by molar-refractivity contribution is 0.102. The molecule has 9 nitrogen and oxygen atoms in total. The fraction of sp³-hybridized carbons (Fsp3) is 0.429. The number of piperidine rings is 1. The van der Waals surface area contributed by atoms with Crippen molar-refractivity contribution in [3.63, 3.8) is 0 Å². The van der Waals surface area contributed by atoms with E-state index in [0.717, 1.165) is 66.8 Å². The fourth-order valence-corrected chi connectivity index (χ4v) is 4.74. The molecule has 2 aliphatic heterocycles. The second-order valence-electron chi connectivity index (χ2n) is 7.69. The molecule has 2 saturated heterocycles. The molecule has 31 heavy (non-hydrogen) atoms. The van der Waals surface area contributed by atoms with Crippen molar-refractivity contribution in [1.82, 2.24) is 20.2 Å². The Balaban J connectivity index is 1.40. The first kappa shape index (κ1) is 20.0. The van der Waals surface area contributed by atoms with Gasteiger partial charge in [-0.2, -0.15) is 5.10 Å². The Bertz CT molecular complexity index is 1020. The lowest BCUT2D eigenvalue weighted by Gasteiger charge is -2.33. The van der Waals surface area contributed by atoms with Crippen molar-refractivity contribution in [2.75, 3.05) is 54.5 Å². The molecule has 162 valence electrons. The molecule has 10 heteroatoms. The molecule has 0 aliphatic carbocycles. The summed E-state index contributed by atoms with van der Waals surface area (Å²) in [4.78, 5) is 26.7. The van der Waals surface area contributed by atoms with Crippen molar-refractivity contribution in [3.8, 4) is 10.6 Å². The number of nitrogens with zero attached hydrogens (tertiary/aromatic N) is 5. The molecule has 3 aromatic heterocycles. The van der Waals surface area contributed by atoms with Crippen LogP contribution in [0.25, 0.3) is 10.6 Å². The number of ether oxygens (including phenoxy) is 1. The Labute approximate surface area is 184 Å². The molecule has 5 rings (SSSR count). The molecular formula is C21H25N7O2S. The maximum atomic E-state index is 13.0. The van der Waals surface area contributed by atoms with E-state index in [-0.39, 0.29) is 5.91 Å². The highest BCUT2D eigenvalue weighted by Crippen LogP contribution is 2.32. The van der Waals surface area contributed by atoms with Crippen molar-refractivity contribution >= 4 is 34.4 Å². The van der Waals surface area contributed by atoms with Crippen LogP contribution < -0.4 is 15.1 Å². The van der Waals surface area contributed by atoms with Crippen molar-refractivity contribution in [2.24, 2.45) is 0 Å². The monoisotopic (exact) mass is 439 g/mol. The minimum atomic E-state index is -0.231. The number of morpholine rings is 1. The van der Waals surface area contributed by atoms with Crippen LogP contribution in [0.5, 0.6) is 0 Å². The normalized spacial score (nSPS) is 17.0. The standard InChI is InChI=1S/C21H25N7O2S/c29-20(17-14-31-21(26-17)15-11-23-24-12-15)25-16-13-22-19(28-6-8-30-9-7-28)10-18(16)27-4-2-1-3-5-27/h10-14H,1-9H2,(H,23,24)(H,25,29). The molecule has 0 atom stereocenters. The Morgan fingerprint density at radius 1 is 1.10 bits per heavy atom. The van der Waals surface area contributed by atoms with Crippen molar-refractivity contribution < 1.29 is 9.53 Å². The molecule has 0 radical (unpaired) electrons. The van der Waals surface area contributed by atoms with Crippen molar-refractivity contribution in [1.29, 1.82) is 0 Å². The number of amides is 1. The van der Waals surface area contributed by atoms with Gasteiger partial charge in [0, 0.05) is 49.4 Å². The number of hydrogen-bond donors (Lipinski definition) is 2. The van der Waals surface area contributed by atoms with E-state index in [4.69, 9.17) is 4.74 Å². The predicted octanol–water partition coefficient (Wildman–Crippen LogP) is 3.01. The minimum Gasteiger partial charge on any atom is -0.378 e. The Morgan fingerprint density at radius 3 is 2.71 bits per heavy atom. The second kappa shape index (κ2) is 9.03. The first-order chi connectivity index (χ1) is 15.3. The Morgan fingerprint density at radius 2 is 1.94 bits per heavy atom. The zero-order valence-electron chi connectivity index (χ0n) is 17.2. The van der Waals surface area contributed by atoms with Gasteiger partial charge in [0.15, 0.2) is 0 Å². The number of H-pyrrole nitrogens is 1. The Hall–Kier alpha value is -2.98. The first-order valence-corrected chi connectivity index (χ1v) is 11.5. The number of aromatic amines is 1. The summed E-state index contributed by atoms with van der Waals surface area (Å²) in [6, 6.07) is 2.10. The van der Waals surface area contributed by atoms with Gasteiger partial charge in [0.25, 0.3) is 5.91 Å². The summed E-state index contributed by atoms with van der Waals surface area (Å²) in [5.41, 5.74) is 3.01. The highest BCUT2D eigenvalue weighted by Gasteiger charge is 2.21. The van der Waals surface area contributed by atoms with Gasteiger partial charge in [0.1, 0.15) is 16.5 Å². The minimum absolute atomic E-state index is 0.231. The number of rotatable bonds is 5. The van der Waals surface area contributed by atoms with Gasteiger partial charge in [-0.15, -0.1) is 11.3 Å². The molecule has 2 N–H and O–H groups in total. The van der Waals surface area contributed by atoms with Gasteiger partial charge in [0.05, 0.1) is 37.0 Å². The third-order valence-electron chi connectivity index (χ3n) is 5.63. The third kappa shape index (κ3) is 4.40. The van der Waals surface area contributed by atoms with E-state index in [9.17, 15) is 4.79 Å². The van der Waals surface area contributed by atoms with Crippen LogP contribution in [-0.4, -0.2) is 65.5 Å². The number of pyridine rings is 1. The van der Waals surface area contributed by atoms with Crippen LogP contribution in [0.2, 0.25) is 0 Å². The molecule has 2 fully saturated rings. The van der Waals surface area contributed by atoms with Crippen LogP contribution in [0.4, 0.5) is 17.2 Å². The van der Waals surface area contributed by atoms with Gasteiger partial charge >= 0.3 is 0 Å². The van der Waals surface area contributed by atoms with E-state index in [0.29, 0.717) is 18.9 Å². The largest absolute Gasteiger partial charge is 0.378 e. The molecule has 0 spiro atoms. The van der Waals surface area contributed by atoms with Gasteiger partial charge < -0.3 is 19.9 Å². The molecular weight excluding hydrogens is 414 g/mol. The van der Waals surface area contributed by atoms with Gasteiger partial charge in [-0.3, -0.25) is 9.89 Å². The first-order valence-electron chi connectivity index (χ1n) is 10.6. The van der Waals surface area contributed by atoms with E-state index in [2.05, 4.69) is 41.3 Å². The van der Waals surface area contributed by atoms with E-state index in [1.54, 1.807) is 24.0 Å². The molecule has 1 amide bonds. The van der Waals surface area contributed by atoms with Crippen molar-refractivity contribution in [3.05, 3.63) is 35.7 Å². The van der Waals surface area contributed by atoms with Crippen LogP contribution >= 0.6 is 11.3 Å². The summed E-state index contributed by atoms with van der Waals surface area (Å²) in [6.07, 6.45) is 8.79. The van der Waals surface area contributed by atoms with Gasteiger partial charge in [0.2, 0.25) is 0 Å². The molecule has 3 aromatic rings. The summed E-state index contributed by atoms with van der Waals surface area (Å²) >= 11 is 1.42. The number of carbonyl (C=O) groups is 1.